The summed E-state index contributed by atoms with van der Waals surface area (Å²) in [6, 6.07) is 9.15. The molecule has 3 rings (SSSR count). The largest absolute Gasteiger partial charge is 0.416 e. The number of carbonyl (C=O) groups is 1. The van der Waals surface area contributed by atoms with E-state index in [1.807, 2.05) is 0 Å². The number of nitrogens with zero attached hydrogens (tertiary/aromatic N) is 3. The summed E-state index contributed by atoms with van der Waals surface area (Å²) in [6.45, 7) is 0. The van der Waals surface area contributed by atoms with Crippen molar-refractivity contribution >= 4 is 11.6 Å². The Morgan fingerprint density at radius 2 is 1.83 bits per heavy atom. The molecule has 0 unspecified atom stereocenters. The van der Waals surface area contributed by atoms with Crippen molar-refractivity contribution in [2.45, 2.75) is 6.18 Å². The lowest BCUT2D eigenvalue weighted by molar-refractivity contribution is -0.137. The highest BCUT2D eigenvalue weighted by Gasteiger charge is 2.29. The van der Waals surface area contributed by atoms with Crippen molar-refractivity contribution in [1.82, 2.24) is 14.8 Å². The fourth-order valence-corrected chi connectivity index (χ4v) is 2.01. The van der Waals surface area contributed by atoms with Crippen molar-refractivity contribution in [3.63, 3.8) is 0 Å². The number of hydrogen-bond acceptors (Lipinski definition) is 3. The Balaban J connectivity index is 1.71. The molecule has 24 heavy (non-hydrogen) atoms. The molecule has 0 saturated heterocycles. The van der Waals surface area contributed by atoms with Gasteiger partial charge >= 0.3 is 6.18 Å². The van der Waals surface area contributed by atoms with Gasteiger partial charge in [0.25, 0.3) is 5.91 Å². The molecule has 2 heterocycles. The van der Waals surface area contributed by atoms with Crippen LogP contribution in [0.1, 0.15) is 15.9 Å². The second-order valence-electron chi connectivity index (χ2n) is 4.88. The predicted molar refractivity (Wildman–Crippen MR) is 80.8 cm³/mol. The maximum atomic E-state index is 12.5. The monoisotopic (exact) mass is 332 g/mol. The fourth-order valence-electron chi connectivity index (χ4n) is 2.01. The molecule has 0 aliphatic carbocycles. The van der Waals surface area contributed by atoms with Crippen LogP contribution in [0.2, 0.25) is 0 Å². The molecule has 0 radical (unpaired) electrons. The lowest BCUT2D eigenvalue weighted by Gasteiger charge is -2.09. The van der Waals surface area contributed by atoms with Crippen LogP contribution in [0.3, 0.4) is 0 Å². The number of rotatable bonds is 3. The molecule has 0 bridgehead atoms. The van der Waals surface area contributed by atoms with E-state index in [4.69, 9.17) is 0 Å². The lowest BCUT2D eigenvalue weighted by atomic mass is 10.2. The molecule has 0 atom stereocenters. The third kappa shape index (κ3) is 3.43. The smallest absolute Gasteiger partial charge is 0.322 e. The summed E-state index contributed by atoms with van der Waals surface area (Å²) >= 11 is 0. The van der Waals surface area contributed by atoms with Crippen molar-refractivity contribution in [3.8, 4) is 5.82 Å². The molecule has 5 nitrogen and oxygen atoms in total. The van der Waals surface area contributed by atoms with Gasteiger partial charge in [0.15, 0.2) is 5.82 Å². The van der Waals surface area contributed by atoms with E-state index in [-0.39, 0.29) is 11.3 Å². The van der Waals surface area contributed by atoms with Crippen LogP contribution in [-0.2, 0) is 6.18 Å². The molecular weight excluding hydrogens is 321 g/mol. The second kappa shape index (κ2) is 6.15. The van der Waals surface area contributed by atoms with Crippen LogP contribution in [0.5, 0.6) is 0 Å². The molecule has 0 fully saturated rings. The van der Waals surface area contributed by atoms with Gasteiger partial charge in [0.1, 0.15) is 0 Å². The summed E-state index contributed by atoms with van der Waals surface area (Å²) in [7, 11) is 0. The summed E-state index contributed by atoms with van der Waals surface area (Å²) in [5.74, 6) is 0.0837. The molecule has 1 amide bonds. The number of hydrogen-bond donors (Lipinski definition) is 1. The van der Waals surface area contributed by atoms with E-state index in [9.17, 15) is 18.0 Å². The summed E-state index contributed by atoms with van der Waals surface area (Å²) in [5, 5.41) is 6.54. The van der Waals surface area contributed by atoms with Crippen molar-refractivity contribution in [3.05, 3.63) is 72.2 Å². The van der Waals surface area contributed by atoms with Crippen LogP contribution in [0.4, 0.5) is 18.9 Å². The van der Waals surface area contributed by atoms with Gasteiger partial charge in [-0.25, -0.2) is 9.67 Å². The van der Waals surface area contributed by atoms with Gasteiger partial charge in [-0.15, -0.1) is 0 Å². The molecule has 0 aliphatic heterocycles. The highest BCUT2D eigenvalue weighted by molar-refractivity contribution is 6.04. The van der Waals surface area contributed by atoms with Gasteiger partial charge in [0, 0.05) is 24.3 Å². The van der Waals surface area contributed by atoms with E-state index in [0.717, 1.165) is 12.1 Å². The number of nitrogens with one attached hydrogen (secondary N) is 1. The number of benzene rings is 1. The number of amides is 1. The Morgan fingerprint density at radius 1 is 1.08 bits per heavy atom. The minimum Gasteiger partial charge on any atom is -0.322 e. The first-order chi connectivity index (χ1) is 11.4. The normalized spacial score (nSPS) is 11.3. The maximum Gasteiger partial charge on any atom is 0.416 e. The second-order valence-corrected chi connectivity index (χ2v) is 4.88. The Labute approximate surface area is 134 Å². The number of alkyl halides is 3. The lowest BCUT2D eigenvalue weighted by Crippen LogP contribution is -2.13. The number of anilines is 1. The number of halogens is 3. The molecule has 3 aromatic rings. The molecule has 122 valence electrons. The van der Waals surface area contributed by atoms with Gasteiger partial charge in [-0.1, -0.05) is 0 Å². The fraction of sp³-hybridized carbons (Fsp3) is 0.0625. The molecule has 0 saturated carbocycles. The molecule has 0 spiro atoms. The zero-order valence-corrected chi connectivity index (χ0v) is 12.2. The van der Waals surface area contributed by atoms with E-state index >= 15 is 0 Å². The summed E-state index contributed by atoms with van der Waals surface area (Å²) in [6.07, 6.45) is 0.280. The first kappa shape index (κ1) is 15.7. The summed E-state index contributed by atoms with van der Waals surface area (Å²) < 4.78 is 39.0. The third-order valence-corrected chi connectivity index (χ3v) is 3.22. The van der Waals surface area contributed by atoms with Crippen LogP contribution in [0.15, 0.2) is 61.1 Å². The van der Waals surface area contributed by atoms with Crippen molar-refractivity contribution < 1.29 is 18.0 Å². The van der Waals surface area contributed by atoms with Gasteiger partial charge in [-0.05, 0) is 42.5 Å². The highest BCUT2D eigenvalue weighted by Crippen LogP contribution is 2.29. The van der Waals surface area contributed by atoms with Crippen LogP contribution >= 0.6 is 0 Å². The first-order valence-electron chi connectivity index (χ1n) is 6.88. The van der Waals surface area contributed by atoms with Gasteiger partial charge < -0.3 is 5.32 Å². The van der Waals surface area contributed by atoms with Crippen molar-refractivity contribution in [2.24, 2.45) is 0 Å². The molecule has 2 aromatic heterocycles. The summed E-state index contributed by atoms with van der Waals surface area (Å²) in [4.78, 5) is 16.2. The van der Waals surface area contributed by atoms with Crippen LogP contribution < -0.4 is 5.32 Å². The topological polar surface area (TPSA) is 59.8 Å². The first-order valence-corrected chi connectivity index (χ1v) is 6.88. The Bertz CT molecular complexity index is 825. The van der Waals surface area contributed by atoms with Crippen molar-refractivity contribution in [2.75, 3.05) is 5.32 Å². The number of aromatic nitrogens is 3. The SMILES string of the molecule is O=C(Nc1ccc(C(F)(F)F)cc1)c1ccc(-n2cccn2)nc1. The standard InChI is InChI=1S/C16H11F3N4O/c17-16(18,19)12-3-5-13(6-4-12)22-15(24)11-2-7-14(20-10-11)23-9-1-8-21-23/h1-10H,(H,22,24). The van der Waals surface area contributed by atoms with E-state index in [1.54, 1.807) is 30.6 Å². The minimum absolute atomic E-state index is 0.268. The minimum atomic E-state index is -4.41. The number of carbonyl (C=O) groups excluding carboxylic acids is 1. The Hall–Kier alpha value is -3.16. The van der Waals surface area contributed by atoms with Crippen LogP contribution in [0, 0.1) is 0 Å². The molecular formula is C16H11F3N4O. The average Bonchev–Trinajstić information content (AvgIpc) is 3.09. The molecule has 1 aromatic carbocycles. The van der Waals surface area contributed by atoms with E-state index in [1.165, 1.54) is 23.0 Å². The number of pyridine rings is 1. The van der Waals surface area contributed by atoms with Gasteiger partial charge in [0.2, 0.25) is 0 Å². The van der Waals surface area contributed by atoms with Gasteiger partial charge in [0.05, 0.1) is 11.1 Å². The van der Waals surface area contributed by atoms with Crippen molar-refractivity contribution in [1.29, 1.82) is 0 Å². The zero-order chi connectivity index (χ0) is 17.2. The van der Waals surface area contributed by atoms with E-state index in [2.05, 4.69) is 15.4 Å². The van der Waals surface area contributed by atoms with Gasteiger partial charge in [-0.3, -0.25) is 4.79 Å². The Kier molecular flexibility index (Phi) is 4.03. The Morgan fingerprint density at radius 3 is 2.38 bits per heavy atom. The third-order valence-electron chi connectivity index (χ3n) is 3.22. The van der Waals surface area contributed by atoms with Crippen LogP contribution in [-0.4, -0.2) is 20.7 Å². The van der Waals surface area contributed by atoms with E-state index < -0.39 is 17.6 Å². The van der Waals surface area contributed by atoms with Gasteiger partial charge in [-0.2, -0.15) is 18.3 Å². The predicted octanol–water partition coefficient (Wildman–Crippen LogP) is 3.54. The molecule has 1 N–H and O–H groups in total. The molecule has 0 aliphatic rings. The summed E-state index contributed by atoms with van der Waals surface area (Å²) in [5.41, 5.74) is -0.222. The highest BCUT2D eigenvalue weighted by atomic mass is 19.4. The van der Waals surface area contributed by atoms with E-state index in [0.29, 0.717) is 5.82 Å². The molecule has 8 heteroatoms. The maximum absolute atomic E-state index is 12.5. The average molecular weight is 332 g/mol. The van der Waals surface area contributed by atoms with Crippen LogP contribution in [0.25, 0.3) is 5.82 Å². The quantitative estimate of drug-likeness (QED) is 0.798. The zero-order valence-electron chi connectivity index (χ0n) is 12.2.